The summed E-state index contributed by atoms with van der Waals surface area (Å²) in [5, 5.41) is 10.8. The Hall–Kier alpha value is -2.83. The zero-order valence-electron chi connectivity index (χ0n) is 9.93. The number of aromatic carboxylic acids is 1. The van der Waals surface area contributed by atoms with E-state index in [-0.39, 0.29) is 16.9 Å². The number of nitrogens with one attached hydrogen (secondary N) is 1. The van der Waals surface area contributed by atoms with Gasteiger partial charge in [0.15, 0.2) is 0 Å². The standard InChI is InChI=1S/C13H8F2N2O3/c14-8-2-3-9(15)11(5-8)17-12(18)7-1-4-10(13(19)20)16-6-7/h1-6H,(H,17,18)(H,19,20). The molecule has 1 aromatic carbocycles. The van der Waals surface area contributed by atoms with Gasteiger partial charge in [-0.05, 0) is 24.3 Å². The van der Waals surface area contributed by atoms with E-state index in [2.05, 4.69) is 10.3 Å². The molecule has 0 aliphatic rings. The molecular weight excluding hydrogens is 270 g/mol. The van der Waals surface area contributed by atoms with Crippen LogP contribution in [0.1, 0.15) is 20.8 Å². The summed E-state index contributed by atoms with van der Waals surface area (Å²) in [5.74, 6) is -3.43. The second kappa shape index (κ2) is 5.43. The molecule has 0 aliphatic carbocycles. The van der Waals surface area contributed by atoms with Crippen molar-refractivity contribution in [2.45, 2.75) is 0 Å². The lowest BCUT2D eigenvalue weighted by Crippen LogP contribution is -2.14. The van der Waals surface area contributed by atoms with Gasteiger partial charge in [0.05, 0.1) is 11.3 Å². The van der Waals surface area contributed by atoms with E-state index in [9.17, 15) is 18.4 Å². The summed E-state index contributed by atoms with van der Waals surface area (Å²) in [5.41, 5.74) is -0.505. The fraction of sp³-hybridized carbons (Fsp3) is 0. The third-order valence-corrected chi connectivity index (χ3v) is 2.42. The predicted octanol–water partition coefficient (Wildman–Crippen LogP) is 2.31. The van der Waals surface area contributed by atoms with Gasteiger partial charge >= 0.3 is 5.97 Å². The van der Waals surface area contributed by atoms with Crippen LogP contribution in [0.15, 0.2) is 36.5 Å². The second-order valence-electron chi connectivity index (χ2n) is 3.82. The van der Waals surface area contributed by atoms with Crippen molar-refractivity contribution in [2.24, 2.45) is 0 Å². The molecule has 20 heavy (non-hydrogen) atoms. The molecule has 0 saturated carbocycles. The molecule has 102 valence electrons. The highest BCUT2D eigenvalue weighted by Crippen LogP contribution is 2.16. The van der Waals surface area contributed by atoms with E-state index >= 15 is 0 Å². The number of halogens is 2. The minimum Gasteiger partial charge on any atom is -0.477 e. The fourth-order valence-electron chi connectivity index (χ4n) is 1.44. The maximum Gasteiger partial charge on any atom is 0.354 e. The van der Waals surface area contributed by atoms with Crippen LogP contribution in [0, 0.1) is 11.6 Å². The molecule has 1 amide bonds. The Balaban J connectivity index is 2.19. The van der Waals surface area contributed by atoms with Crippen LogP contribution in [0.25, 0.3) is 0 Å². The topological polar surface area (TPSA) is 79.3 Å². The summed E-state index contributed by atoms with van der Waals surface area (Å²) in [6, 6.07) is 5.01. The van der Waals surface area contributed by atoms with Gasteiger partial charge in [0.25, 0.3) is 5.91 Å². The summed E-state index contributed by atoms with van der Waals surface area (Å²) < 4.78 is 26.3. The minimum absolute atomic E-state index is 0.0265. The van der Waals surface area contributed by atoms with Crippen molar-refractivity contribution in [3.05, 3.63) is 59.4 Å². The van der Waals surface area contributed by atoms with E-state index in [4.69, 9.17) is 5.11 Å². The average molecular weight is 278 g/mol. The quantitative estimate of drug-likeness (QED) is 0.903. The molecule has 0 radical (unpaired) electrons. The van der Waals surface area contributed by atoms with Gasteiger partial charge in [-0.3, -0.25) is 4.79 Å². The third-order valence-electron chi connectivity index (χ3n) is 2.42. The van der Waals surface area contributed by atoms with Crippen molar-refractivity contribution >= 4 is 17.6 Å². The van der Waals surface area contributed by atoms with Crippen LogP contribution in [0.5, 0.6) is 0 Å². The monoisotopic (exact) mass is 278 g/mol. The summed E-state index contributed by atoms with van der Waals surface area (Å²) in [7, 11) is 0. The number of hydrogen-bond donors (Lipinski definition) is 2. The third kappa shape index (κ3) is 2.94. The molecule has 2 N–H and O–H groups in total. The van der Waals surface area contributed by atoms with Crippen LogP contribution >= 0.6 is 0 Å². The van der Waals surface area contributed by atoms with Gasteiger partial charge < -0.3 is 10.4 Å². The summed E-state index contributed by atoms with van der Waals surface area (Å²) in [6.07, 6.45) is 1.04. The summed E-state index contributed by atoms with van der Waals surface area (Å²) >= 11 is 0. The maximum atomic E-state index is 13.3. The van der Waals surface area contributed by atoms with Crippen molar-refractivity contribution in [2.75, 3.05) is 5.32 Å². The zero-order chi connectivity index (χ0) is 14.7. The van der Waals surface area contributed by atoms with Gasteiger partial charge in [-0.15, -0.1) is 0 Å². The number of carboxylic acids is 1. The molecule has 0 atom stereocenters. The summed E-state index contributed by atoms with van der Waals surface area (Å²) in [4.78, 5) is 25.9. The maximum absolute atomic E-state index is 13.3. The number of carboxylic acid groups (broad SMARTS) is 1. The van der Waals surface area contributed by atoms with Crippen LogP contribution in [-0.2, 0) is 0 Å². The Morgan fingerprint density at radius 2 is 1.90 bits per heavy atom. The molecule has 1 aromatic heterocycles. The molecule has 0 unspecified atom stereocenters. The lowest BCUT2D eigenvalue weighted by molar-refractivity contribution is 0.0690. The molecule has 1 heterocycles. The number of rotatable bonds is 3. The molecule has 0 bridgehead atoms. The van der Waals surface area contributed by atoms with E-state index in [0.29, 0.717) is 0 Å². The second-order valence-corrected chi connectivity index (χ2v) is 3.82. The molecule has 0 saturated heterocycles. The van der Waals surface area contributed by atoms with Crippen LogP contribution in [0.4, 0.5) is 14.5 Å². The Kier molecular flexibility index (Phi) is 3.69. The first-order valence-electron chi connectivity index (χ1n) is 5.43. The first-order chi connectivity index (χ1) is 9.47. The van der Waals surface area contributed by atoms with Gasteiger partial charge in [0, 0.05) is 12.3 Å². The normalized spacial score (nSPS) is 10.1. The van der Waals surface area contributed by atoms with Gasteiger partial charge in [-0.25, -0.2) is 18.6 Å². The van der Waals surface area contributed by atoms with Crippen LogP contribution in [0.3, 0.4) is 0 Å². The number of carbonyl (C=O) groups is 2. The fourth-order valence-corrected chi connectivity index (χ4v) is 1.44. The van der Waals surface area contributed by atoms with E-state index in [1.165, 1.54) is 6.07 Å². The number of amides is 1. The lowest BCUT2D eigenvalue weighted by atomic mass is 10.2. The average Bonchev–Trinajstić information content (AvgIpc) is 2.43. The van der Waals surface area contributed by atoms with Crippen molar-refractivity contribution in [3.8, 4) is 0 Å². The number of pyridine rings is 1. The molecule has 2 rings (SSSR count). The molecule has 2 aromatic rings. The Morgan fingerprint density at radius 1 is 1.15 bits per heavy atom. The van der Waals surface area contributed by atoms with Crippen molar-refractivity contribution < 1.29 is 23.5 Å². The zero-order valence-corrected chi connectivity index (χ0v) is 9.93. The number of nitrogens with zero attached hydrogens (tertiary/aromatic N) is 1. The first-order valence-corrected chi connectivity index (χ1v) is 5.43. The molecule has 0 fully saturated rings. The SMILES string of the molecule is O=C(Nc1cc(F)ccc1F)c1ccc(C(=O)O)nc1. The van der Waals surface area contributed by atoms with Crippen LogP contribution in [0.2, 0.25) is 0 Å². The number of aromatic nitrogens is 1. The van der Waals surface area contributed by atoms with E-state index in [1.54, 1.807) is 0 Å². The van der Waals surface area contributed by atoms with Crippen molar-refractivity contribution in [1.29, 1.82) is 0 Å². The molecule has 7 heteroatoms. The molecule has 0 aliphatic heterocycles. The van der Waals surface area contributed by atoms with Gasteiger partial charge in [0.2, 0.25) is 0 Å². The lowest BCUT2D eigenvalue weighted by Gasteiger charge is -2.06. The summed E-state index contributed by atoms with van der Waals surface area (Å²) in [6.45, 7) is 0. The molecule has 0 spiro atoms. The van der Waals surface area contributed by atoms with Crippen LogP contribution in [-0.4, -0.2) is 22.0 Å². The van der Waals surface area contributed by atoms with E-state index in [0.717, 1.165) is 30.5 Å². The predicted molar refractivity (Wildman–Crippen MR) is 65.5 cm³/mol. The highest BCUT2D eigenvalue weighted by molar-refractivity contribution is 6.04. The van der Waals surface area contributed by atoms with Crippen LogP contribution < -0.4 is 5.32 Å². The highest BCUT2D eigenvalue weighted by Gasteiger charge is 2.12. The van der Waals surface area contributed by atoms with E-state index < -0.39 is 23.5 Å². The van der Waals surface area contributed by atoms with Gasteiger partial charge in [0.1, 0.15) is 17.3 Å². The van der Waals surface area contributed by atoms with Gasteiger partial charge in [-0.2, -0.15) is 0 Å². The number of benzene rings is 1. The molecular formula is C13H8F2N2O3. The Labute approximate surface area is 111 Å². The van der Waals surface area contributed by atoms with E-state index in [1.807, 2.05) is 0 Å². The Morgan fingerprint density at radius 3 is 2.50 bits per heavy atom. The number of hydrogen-bond acceptors (Lipinski definition) is 3. The first kappa shape index (κ1) is 13.6. The molecule has 5 nitrogen and oxygen atoms in total. The highest BCUT2D eigenvalue weighted by atomic mass is 19.1. The smallest absolute Gasteiger partial charge is 0.354 e. The van der Waals surface area contributed by atoms with Gasteiger partial charge in [-0.1, -0.05) is 0 Å². The number of anilines is 1. The minimum atomic E-state index is -1.23. The van der Waals surface area contributed by atoms with Crippen molar-refractivity contribution in [1.82, 2.24) is 4.98 Å². The number of carbonyl (C=O) groups excluding carboxylic acids is 1. The Bertz CT molecular complexity index is 672. The van der Waals surface area contributed by atoms with Crippen molar-refractivity contribution in [3.63, 3.8) is 0 Å². The largest absolute Gasteiger partial charge is 0.477 e.